The minimum atomic E-state index is -0.233. The maximum atomic E-state index is 9.05. The highest BCUT2D eigenvalue weighted by molar-refractivity contribution is 4.73. The van der Waals surface area contributed by atoms with Crippen LogP contribution in [-0.4, -0.2) is 37.0 Å². The average molecular weight is 145 g/mol. The zero-order chi connectivity index (χ0) is 7.40. The van der Waals surface area contributed by atoms with Crippen LogP contribution in [0, 0.1) is 0 Å². The number of nitrogens with one attached hydrogen (secondary N) is 1. The van der Waals surface area contributed by atoms with E-state index in [9.17, 15) is 0 Å². The fourth-order valence-electron chi connectivity index (χ4n) is 1.13. The smallest absolute Gasteiger partial charge is 0.0799 e. The highest BCUT2D eigenvalue weighted by Crippen LogP contribution is 2.11. The van der Waals surface area contributed by atoms with Gasteiger partial charge in [0, 0.05) is 13.0 Å². The van der Waals surface area contributed by atoms with Gasteiger partial charge in [-0.15, -0.1) is 0 Å². The minimum Gasteiger partial charge on any atom is -0.391 e. The first-order valence-corrected chi connectivity index (χ1v) is 3.83. The summed E-state index contributed by atoms with van der Waals surface area (Å²) in [7, 11) is 0. The fourth-order valence-corrected chi connectivity index (χ4v) is 1.13. The summed E-state index contributed by atoms with van der Waals surface area (Å²) in [4.78, 5) is 0. The normalized spacial score (nSPS) is 33.0. The van der Waals surface area contributed by atoms with E-state index in [0.717, 1.165) is 19.5 Å². The Morgan fingerprint density at radius 2 is 2.50 bits per heavy atom. The maximum absolute atomic E-state index is 9.05. The monoisotopic (exact) mass is 145 g/mol. The molecule has 0 amide bonds. The van der Waals surface area contributed by atoms with E-state index in [1.54, 1.807) is 0 Å². The van der Waals surface area contributed by atoms with E-state index in [0.29, 0.717) is 6.61 Å². The topological polar surface area (TPSA) is 41.5 Å². The predicted octanol–water partition coefficient (Wildman–Crippen LogP) is -0.254. The van der Waals surface area contributed by atoms with Crippen molar-refractivity contribution in [2.75, 3.05) is 19.7 Å². The van der Waals surface area contributed by atoms with Crippen LogP contribution < -0.4 is 5.32 Å². The molecular formula is C7H15NO2. The Bertz CT molecular complexity index is 97.6. The fraction of sp³-hybridized carbons (Fsp3) is 1.00. The van der Waals surface area contributed by atoms with Crippen molar-refractivity contribution in [1.82, 2.24) is 5.32 Å². The summed E-state index contributed by atoms with van der Waals surface area (Å²) in [5.41, 5.74) is 0. The van der Waals surface area contributed by atoms with E-state index in [4.69, 9.17) is 9.84 Å². The molecule has 60 valence electrons. The van der Waals surface area contributed by atoms with E-state index in [2.05, 4.69) is 12.2 Å². The number of rotatable bonds is 3. The third-order valence-electron chi connectivity index (χ3n) is 1.68. The second-order valence-electron chi connectivity index (χ2n) is 2.65. The summed E-state index contributed by atoms with van der Waals surface area (Å²) in [5, 5.41) is 12.2. The van der Waals surface area contributed by atoms with E-state index in [-0.39, 0.29) is 12.2 Å². The summed E-state index contributed by atoms with van der Waals surface area (Å²) in [6.45, 7) is 4.41. The molecule has 0 aromatic carbocycles. The van der Waals surface area contributed by atoms with Crippen molar-refractivity contribution in [3.8, 4) is 0 Å². The lowest BCUT2D eigenvalue weighted by atomic mass is 10.2. The van der Waals surface area contributed by atoms with Gasteiger partial charge in [0.05, 0.1) is 18.8 Å². The van der Waals surface area contributed by atoms with Crippen LogP contribution in [0.25, 0.3) is 0 Å². The second-order valence-corrected chi connectivity index (χ2v) is 2.65. The molecule has 0 radical (unpaired) electrons. The number of hydrogen-bond donors (Lipinski definition) is 2. The van der Waals surface area contributed by atoms with E-state index >= 15 is 0 Å². The molecule has 0 bridgehead atoms. The third-order valence-corrected chi connectivity index (χ3v) is 1.68. The summed E-state index contributed by atoms with van der Waals surface area (Å²) in [6.07, 6.45) is 0.783. The van der Waals surface area contributed by atoms with Crippen LogP contribution in [0.5, 0.6) is 0 Å². The van der Waals surface area contributed by atoms with Crippen LogP contribution in [0.1, 0.15) is 13.3 Å². The lowest BCUT2D eigenvalue weighted by Gasteiger charge is -2.07. The van der Waals surface area contributed by atoms with Crippen molar-refractivity contribution in [2.24, 2.45) is 0 Å². The van der Waals surface area contributed by atoms with Gasteiger partial charge in [-0.2, -0.15) is 0 Å². The largest absolute Gasteiger partial charge is 0.391 e. The van der Waals surface area contributed by atoms with Gasteiger partial charge in [-0.1, -0.05) is 6.92 Å². The van der Waals surface area contributed by atoms with Crippen molar-refractivity contribution in [3.05, 3.63) is 0 Å². The molecule has 3 heteroatoms. The van der Waals surface area contributed by atoms with Gasteiger partial charge in [-0.25, -0.2) is 0 Å². The highest BCUT2D eigenvalue weighted by Gasteiger charge is 2.22. The highest BCUT2D eigenvalue weighted by atomic mass is 16.5. The zero-order valence-corrected chi connectivity index (χ0v) is 6.34. The molecule has 0 aliphatic carbocycles. The first-order valence-electron chi connectivity index (χ1n) is 3.83. The van der Waals surface area contributed by atoms with Crippen LogP contribution in [0.2, 0.25) is 0 Å². The lowest BCUT2D eigenvalue weighted by molar-refractivity contribution is 0.0886. The second kappa shape index (κ2) is 3.91. The van der Waals surface area contributed by atoms with Crippen LogP contribution in [-0.2, 0) is 4.74 Å². The predicted molar refractivity (Wildman–Crippen MR) is 38.9 cm³/mol. The van der Waals surface area contributed by atoms with E-state index in [1.807, 2.05) is 0 Å². The molecule has 0 unspecified atom stereocenters. The Morgan fingerprint density at radius 1 is 1.70 bits per heavy atom. The molecule has 3 nitrogen and oxygen atoms in total. The third kappa shape index (κ3) is 2.25. The lowest BCUT2D eigenvalue weighted by Crippen LogP contribution is -2.26. The van der Waals surface area contributed by atoms with Gasteiger partial charge >= 0.3 is 0 Å². The molecule has 2 atom stereocenters. The van der Waals surface area contributed by atoms with Crippen LogP contribution >= 0.6 is 0 Å². The molecule has 1 rings (SSSR count). The van der Waals surface area contributed by atoms with Crippen molar-refractivity contribution < 1.29 is 9.84 Å². The van der Waals surface area contributed by atoms with Crippen molar-refractivity contribution in [3.63, 3.8) is 0 Å². The Hall–Kier alpha value is -0.120. The summed E-state index contributed by atoms with van der Waals surface area (Å²) < 4.78 is 5.25. The van der Waals surface area contributed by atoms with Crippen LogP contribution in [0.4, 0.5) is 0 Å². The molecule has 1 aliphatic rings. The number of aliphatic hydroxyl groups is 1. The Labute approximate surface area is 61.4 Å². The molecule has 0 spiro atoms. The maximum Gasteiger partial charge on any atom is 0.0799 e. The standard InChI is InChI=1S/C7H15NO2/c1-2-8-4-7-3-6(9)5-10-7/h6-9H,2-5H2,1H3/t6-,7+/m1/s1. The van der Waals surface area contributed by atoms with Gasteiger partial charge in [0.25, 0.3) is 0 Å². The Morgan fingerprint density at radius 3 is 3.00 bits per heavy atom. The number of likely N-dealkylation sites (N-methyl/N-ethyl adjacent to an activating group) is 1. The van der Waals surface area contributed by atoms with E-state index in [1.165, 1.54) is 0 Å². The van der Waals surface area contributed by atoms with Gasteiger partial charge < -0.3 is 15.2 Å². The van der Waals surface area contributed by atoms with Crippen molar-refractivity contribution in [1.29, 1.82) is 0 Å². The van der Waals surface area contributed by atoms with Gasteiger partial charge in [0.2, 0.25) is 0 Å². The summed E-state index contributed by atoms with van der Waals surface area (Å²) in [6, 6.07) is 0. The van der Waals surface area contributed by atoms with Crippen molar-refractivity contribution in [2.45, 2.75) is 25.6 Å². The summed E-state index contributed by atoms with van der Waals surface area (Å²) in [5.74, 6) is 0. The first-order chi connectivity index (χ1) is 4.83. The molecule has 10 heavy (non-hydrogen) atoms. The molecule has 1 saturated heterocycles. The molecule has 1 aliphatic heterocycles. The average Bonchev–Trinajstić information content (AvgIpc) is 2.31. The number of hydrogen-bond acceptors (Lipinski definition) is 3. The Balaban J connectivity index is 2.06. The summed E-state index contributed by atoms with van der Waals surface area (Å²) >= 11 is 0. The SMILES string of the molecule is CCNC[C@@H]1C[C@@H](O)CO1. The quantitative estimate of drug-likeness (QED) is 0.575. The molecular weight excluding hydrogens is 130 g/mol. The molecule has 1 fully saturated rings. The molecule has 0 saturated carbocycles. The van der Waals surface area contributed by atoms with Gasteiger partial charge in [0.15, 0.2) is 0 Å². The van der Waals surface area contributed by atoms with Crippen LogP contribution in [0.15, 0.2) is 0 Å². The number of aliphatic hydroxyl groups excluding tert-OH is 1. The molecule has 2 N–H and O–H groups in total. The molecule has 0 aromatic rings. The molecule has 1 heterocycles. The van der Waals surface area contributed by atoms with E-state index < -0.39 is 0 Å². The van der Waals surface area contributed by atoms with Gasteiger partial charge in [0.1, 0.15) is 0 Å². The minimum absolute atomic E-state index is 0.231. The number of ether oxygens (including phenoxy) is 1. The van der Waals surface area contributed by atoms with Crippen LogP contribution in [0.3, 0.4) is 0 Å². The van der Waals surface area contributed by atoms with Gasteiger partial charge in [-0.3, -0.25) is 0 Å². The van der Waals surface area contributed by atoms with Crippen molar-refractivity contribution >= 4 is 0 Å². The zero-order valence-electron chi connectivity index (χ0n) is 6.34. The Kier molecular flexibility index (Phi) is 3.12. The van der Waals surface area contributed by atoms with Gasteiger partial charge in [-0.05, 0) is 6.54 Å². The first kappa shape index (κ1) is 7.98. The molecule has 0 aromatic heterocycles.